The monoisotopic (exact) mass is 167 g/mol. The minimum absolute atomic E-state index is 0.620. The lowest BCUT2D eigenvalue weighted by Crippen LogP contribution is -2.27. The second-order valence-corrected chi connectivity index (χ2v) is 2.93. The molecule has 0 unspecified atom stereocenters. The highest BCUT2D eigenvalue weighted by atomic mass is 15.0. The maximum absolute atomic E-state index is 4.14. The summed E-state index contributed by atoms with van der Waals surface area (Å²) in [6, 6.07) is 0.620. The Balaban J connectivity index is 2.25. The Kier molecular flexibility index (Phi) is 3.80. The van der Waals surface area contributed by atoms with E-state index in [1.807, 2.05) is 6.20 Å². The van der Waals surface area contributed by atoms with Gasteiger partial charge in [0.25, 0.3) is 0 Å². The SMILES string of the molecule is CCC(CC)NCc1ncc[nH]1. The largest absolute Gasteiger partial charge is 0.348 e. The second-order valence-electron chi connectivity index (χ2n) is 2.93. The van der Waals surface area contributed by atoms with Crippen LogP contribution in [0.25, 0.3) is 0 Å². The van der Waals surface area contributed by atoms with Crippen LogP contribution in [0.4, 0.5) is 0 Å². The van der Waals surface area contributed by atoms with Gasteiger partial charge in [0.05, 0.1) is 6.54 Å². The number of aromatic amines is 1. The molecule has 0 saturated carbocycles. The molecule has 0 atom stereocenters. The number of H-pyrrole nitrogens is 1. The fraction of sp³-hybridized carbons (Fsp3) is 0.667. The average Bonchev–Trinajstić information content (AvgIpc) is 2.59. The zero-order valence-corrected chi connectivity index (χ0v) is 7.80. The summed E-state index contributed by atoms with van der Waals surface area (Å²) >= 11 is 0. The van der Waals surface area contributed by atoms with Crippen LogP contribution >= 0.6 is 0 Å². The molecule has 68 valence electrons. The van der Waals surface area contributed by atoms with E-state index in [1.165, 1.54) is 12.8 Å². The minimum Gasteiger partial charge on any atom is -0.348 e. The quantitative estimate of drug-likeness (QED) is 0.700. The Bertz CT molecular complexity index is 190. The molecule has 0 saturated heterocycles. The van der Waals surface area contributed by atoms with E-state index in [9.17, 15) is 0 Å². The summed E-state index contributed by atoms with van der Waals surface area (Å²) in [4.78, 5) is 7.21. The normalized spacial score (nSPS) is 10.9. The molecule has 3 nitrogen and oxygen atoms in total. The van der Waals surface area contributed by atoms with E-state index in [-0.39, 0.29) is 0 Å². The van der Waals surface area contributed by atoms with Crippen molar-refractivity contribution >= 4 is 0 Å². The van der Waals surface area contributed by atoms with Crippen molar-refractivity contribution in [3.63, 3.8) is 0 Å². The zero-order chi connectivity index (χ0) is 8.81. The van der Waals surface area contributed by atoms with Crippen LogP contribution in [-0.4, -0.2) is 16.0 Å². The summed E-state index contributed by atoms with van der Waals surface area (Å²) in [6.07, 6.45) is 5.99. The van der Waals surface area contributed by atoms with Gasteiger partial charge in [0.1, 0.15) is 5.82 Å². The maximum Gasteiger partial charge on any atom is 0.120 e. The van der Waals surface area contributed by atoms with Crippen LogP contribution < -0.4 is 5.32 Å². The van der Waals surface area contributed by atoms with Gasteiger partial charge in [-0.15, -0.1) is 0 Å². The summed E-state index contributed by atoms with van der Waals surface area (Å²) in [7, 11) is 0. The average molecular weight is 167 g/mol. The first-order valence-corrected chi connectivity index (χ1v) is 4.58. The van der Waals surface area contributed by atoms with Gasteiger partial charge in [0, 0.05) is 18.4 Å². The van der Waals surface area contributed by atoms with Crippen molar-refractivity contribution in [1.82, 2.24) is 15.3 Å². The number of rotatable bonds is 5. The number of hydrogen-bond acceptors (Lipinski definition) is 2. The van der Waals surface area contributed by atoms with Gasteiger partial charge < -0.3 is 10.3 Å². The van der Waals surface area contributed by atoms with Crippen molar-refractivity contribution in [2.75, 3.05) is 0 Å². The Labute approximate surface area is 73.6 Å². The van der Waals surface area contributed by atoms with Crippen LogP contribution in [0.2, 0.25) is 0 Å². The fourth-order valence-corrected chi connectivity index (χ4v) is 1.21. The molecule has 12 heavy (non-hydrogen) atoms. The highest BCUT2D eigenvalue weighted by Gasteiger charge is 2.02. The Morgan fingerprint density at radius 1 is 1.50 bits per heavy atom. The summed E-state index contributed by atoms with van der Waals surface area (Å²) < 4.78 is 0. The first-order chi connectivity index (χ1) is 5.86. The Hall–Kier alpha value is -0.830. The van der Waals surface area contributed by atoms with Crippen molar-refractivity contribution in [3.05, 3.63) is 18.2 Å². The highest BCUT2D eigenvalue weighted by molar-refractivity contribution is 4.86. The molecule has 0 aliphatic rings. The molecule has 1 heterocycles. The van der Waals surface area contributed by atoms with Gasteiger partial charge in [-0.2, -0.15) is 0 Å². The molecular formula is C9H17N3. The molecule has 1 aromatic rings. The van der Waals surface area contributed by atoms with Crippen LogP contribution in [0.15, 0.2) is 12.4 Å². The van der Waals surface area contributed by atoms with Crippen LogP contribution in [0, 0.1) is 0 Å². The number of hydrogen-bond donors (Lipinski definition) is 2. The van der Waals surface area contributed by atoms with Crippen LogP contribution in [0.1, 0.15) is 32.5 Å². The molecule has 0 spiro atoms. The highest BCUT2D eigenvalue weighted by Crippen LogP contribution is 1.97. The molecule has 0 bridgehead atoms. The number of aromatic nitrogens is 2. The third-order valence-corrected chi connectivity index (χ3v) is 2.10. The lowest BCUT2D eigenvalue weighted by Gasteiger charge is -2.12. The standard InChI is InChI=1S/C9H17N3/c1-3-8(4-2)12-7-9-10-5-6-11-9/h5-6,8,12H,3-4,7H2,1-2H3,(H,10,11). The van der Waals surface area contributed by atoms with Crippen molar-refractivity contribution in [2.24, 2.45) is 0 Å². The molecule has 0 aliphatic heterocycles. The smallest absolute Gasteiger partial charge is 0.120 e. The van der Waals surface area contributed by atoms with Crippen molar-refractivity contribution in [2.45, 2.75) is 39.3 Å². The third-order valence-electron chi connectivity index (χ3n) is 2.10. The number of nitrogens with zero attached hydrogens (tertiary/aromatic N) is 1. The molecule has 1 rings (SSSR count). The second kappa shape index (κ2) is 4.93. The zero-order valence-electron chi connectivity index (χ0n) is 7.80. The van der Waals surface area contributed by atoms with Crippen molar-refractivity contribution in [1.29, 1.82) is 0 Å². The van der Waals surface area contributed by atoms with Gasteiger partial charge in [0.2, 0.25) is 0 Å². The van der Waals surface area contributed by atoms with Crippen LogP contribution in [0.3, 0.4) is 0 Å². The molecule has 1 aromatic heterocycles. The molecular weight excluding hydrogens is 150 g/mol. The van der Waals surface area contributed by atoms with E-state index in [1.54, 1.807) is 6.20 Å². The van der Waals surface area contributed by atoms with E-state index in [2.05, 4.69) is 29.1 Å². The Morgan fingerprint density at radius 3 is 2.75 bits per heavy atom. The predicted octanol–water partition coefficient (Wildman–Crippen LogP) is 1.69. The van der Waals surface area contributed by atoms with Gasteiger partial charge in [-0.25, -0.2) is 4.98 Å². The van der Waals surface area contributed by atoms with Crippen LogP contribution in [-0.2, 0) is 6.54 Å². The van der Waals surface area contributed by atoms with Gasteiger partial charge in [-0.1, -0.05) is 13.8 Å². The first kappa shape index (κ1) is 9.26. The number of nitrogens with one attached hydrogen (secondary N) is 2. The van der Waals surface area contributed by atoms with Crippen LogP contribution in [0.5, 0.6) is 0 Å². The molecule has 0 fully saturated rings. The van der Waals surface area contributed by atoms with E-state index >= 15 is 0 Å². The Morgan fingerprint density at radius 2 is 2.25 bits per heavy atom. The van der Waals surface area contributed by atoms with Crippen molar-refractivity contribution < 1.29 is 0 Å². The predicted molar refractivity (Wildman–Crippen MR) is 49.8 cm³/mol. The topological polar surface area (TPSA) is 40.7 Å². The summed E-state index contributed by atoms with van der Waals surface area (Å²) in [5.41, 5.74) is 0. The van der Waals surface area contributed by atoms with Gasteiger partial charge in [0.15, 0.2) is 0 Å². The molecule has 0 radical (unpaired) electrons. The van der Waals surface area contributed by atoms with E-state index in [0.29, 0.717) is 6.04 Å². The van der Waals surface area contributed by atoms with E-state index in [0.717, 1.165) is 12.4 Å². The lowest BCUT2D eigenvalue weighted by molar-refractivity contribution is 0.477. The van der Waals surface area contributed by atoms with Gasteiger partial charge in [-0.05, 0) is 12.8 Å². The van der Waals surface area contributed by atoms with Gasteiger partial charge in [-0.3, -0.25) is 0 Å². The third kappa shape index (κ3) is 2.66. The van der Waals surface area contributed by atoms with E-state index in [4.69, 9.17) is 0 Å². The maximum atomic E-state index is 4.14. The molecule has 0 aromatic carbocycles. The summed E-state index contributed by atoms with van der Waals surface area (Å²) in [5.74, 6) is 1.02. The molecule has 2 N–H and O–H groups in total. The molecule has 3 heteroatoms. The first-order valence-electron chi connectivity index (χ1n) is 4.58. The molecule has 0 amide bonds. The minimum atomic E-state index is 0.620. The number of imidazole rings is 1. The molecule has 0 aliphatic carbocycles. The van der Waals surface area contributed by atoms with E-state index < -0.39 is 0 Å². The van der Waals surface area contributed by atoms with Gasteiger partial charge >= 0.3 is 0 Å². The summed E-state index contributed by atoms with van der Waals surface area (Å²) in [6.45, 7) is 5.24. The summed E-state index contributed by atoms with van der Waals surface area (Å²) in [5, 5.41) is 3.43. The lowest BCUT2D eigenvalue weighted by atomic mass is 10.2. The fourth-order valence-electron chi connectivity index (χ4n) is 1.21. The van der Waals surface area contributed by atoms with Crippen molar-refractivity contribution in [3.8, 4) is 0 Å².